The van der Waals surface area contributed by atoms with Crippen LogP contribution < -0.4 is 10.6 Å². The molecule has 2 rings (SSSR count). The van der Waals surface area contributed by atoms with Crippen molar-refractivity contribution in [3.05, 3.63) is 28.8 Å². The molecule has 18 heavy (non-hydrogen) atoms. The van der Waals surface area contributed by atoms with E-state index in [2.05, 4.69) is 10.6 Å². The molecule has 2 N–H and O–H groups in total. The Balaban J connectivity index is 1.90. The normalized spacial score (nSPS) is 16.3. The van der Waals surface area contributed by atoms with Crippen LogP contribution in [-0.4, -0.2) is 11.2 Å². The maximum Gasteiger partial charge on any atom is 0.171 e. The Morgan fingerprint density at radius 2 is 2.00 bits per heavy atom. The SMILES string of the molecule is Cc1ccc(NC(=S)NC2CCCCC2)c(Cl)c1. The molecule has 1 aromatic carbocycles. The van der Waals surface area contributed by atoms with E-state index in [-0.39, 0.29) is 0 Å². The van der Waals surface area contributed by atoms with E-state index >= 15 is 0 Å². The van der Waals surface area contributed by atoms with E-state index in [1.54, 1.807) is 0 Å². The Hall–Kier alpha value is -0.800. The second kappa shape index (κ2) is 6.39. The fourth-order valence-corrected chi connectivity index (χ4v) is 2.87. The number of hydrogen-bond acceptors (Lipinski definition) is 1. The van der Waals surface area contributed by atoms with Crippen LogP contribution in [0.4, 0.5) is 5.69 Å². The van der Waals surface area contributed by atoms with Gasteiger partial charge < -0.3 is 10.6 Å². The Labute approximate surface area is 119 Å². The zero-order chi connectivity index (χ0) is 13.0. The topological polar surface area (TPSA) is 24.1 Å². The third-order valence-electron chi connectivity index (χ3n) is 3.31. The van der Waals surface area contributed by atoms with Gasteiger partial charge in [-0.2, -0.15) is 0 Å². The maximum atomic E-state index is 6.17. The van der Waals surface area contributed by atoms with Gasteiger partial charge in [0.15, 0.2) is 5.11 Å². The number of rotatable bonds is 2. The van der Waals surface area contributed by atoms with Crippen molar-refractivity contribution >= 4 is 34.6 Å². The molecule has 98 valence electrons. The van der Waals surface area contributed by atoms with Crippen molar-refractivity contribution in [2.24, 2.45) is 0 Å². The first kappa shape index (κ1) is 13.6. The highest BCUT2D eigenvalue weighted by molar-refractivity contribution is 7.80. The molecule has 1 aliphatic rings. The number of benzene rings is 1. The number of anilines is 1. The molecule has 1 saturated carbocycles. The largest absolute Gasteiger partial charge is 0.360 e. The van der Waals surface area contributed by atoms with Crippen molar-refractivity contribution in [3.63, 3.8) is 0 Å². The molecule has 0 radical (unpaired) electrons. The minimum atomic E-state index is 0.517. The van der Waals surface area contributed by atoms with Gasteiger partial charge in [0.25, 0.3) is 0 Å². The molecular formula is C14H19ClN2S. The van der Waals surface area contributed by atoms with Crippen LogP contribution in [0.3, 0.4) is 0 Å². The molecule has 2 nitrogen and oxygen atoms in total. The number of halogens is 1. The van der Waals surface area contributed by atoms with Crippen LogP contribution in [0.2, 0.25) is 5.02 Å². The number of nitrogens with one attached hydrogen (secondary N) is 2. The first-order valence-electron chi connectivity index (χ1n) is 6.49. The maximum absolute atomic E-state index is 6.17. The van der Waals surface area contributed by atoms with Crippen molar-refractivity contribution in [2.45, 2.75) is 45.1 Å². The van der Waals surface area contributed by atoms with Crippen LogP contribution in [0, 0.1) is 6.92 Å². The molecule has 0 amide bonds. The van der Waals surface area contributed by atoms with Gasteiger partial charge in [-0.05, 0) is 49.7 Å². The summed E-state index contributed by atoms with van der Waals surface area (Å²) in [7, 11) is 0. The highest BCUT2D eigenvalue weighted by atomic mass is 35.5. The monoisotopic (exact) mass is 282 g/mol. The van der Waals surface area contributed by atoms with Gasteiger partial charge in [-0.1, -0.05) is 36.9 Å². The van der Waals surface area contributed by atoms with Crippen molar-refractivity contribution in [1.29, 1.82) is 0 Å². The molecular weight excluding hydrogens is 264 g/mol. The van der Waals surface area contributed by atoms with Crippen LogP contribution in [0.25, 0.3) is 0 Å². The smallest absolute Gasteiger partial charge is 0.171 e. The summed E-state index contributed by atoms with van der Waals surface area (Å²) in [4.78, 5) is 0. The Morgan fingerprint density at radius 1 is 1.28 bits per heavy atom. The third-order valence-corrected chi connectivity index (χ3v) is 3.85. The van der Waals surface area contributed by atoms with E-state index < -0.39 is 0 Å². The number of hydrogen-bond donors (Lipinski definition) is 2. The molecule has 0 bridgehead atoms. The van der Waals surface area contributed by atoms with E-state index in [0.29, 0.717) is 16.2 Å². The summed E-state index contributed by atoms with van der Waals surface area (Å²) in [6.45, 7) is 2.02. The van der Waals surface area contributed by atoms with E-state index in [4.69, 9.17) is 23.8 Å². The molecule has 4 heteroatoms. The van der Waals surface area contributed by atoms with Crippen molar-refractivity contribution in [3.8, 4) is 0 Å². The highest BCUT2D eigenvalue weighted by Crippen LogP contribution is 2.23. The van der Waals surface area contributed by atoms with Gasteiger partial charge in [-0.3, -0.25) is 0 Å². The van der Waals surface area contributed by atoms with Crippen molar-refractivity contribution in [1.82, 2.24) is 5.32 Å². The summed E-state index contributed by atoms with van der Waals surface area (Å²) >= 11 is 11.5. The van der Waals surface area contributed by atoms with Gasteiger partial charge in [0.05, 0.1) is 10.7 Å². The lowest BCUT2D eigenvalue weighted by Gasteiger charge is -2.24. The first-order valence-corrected chi connectivity index (χ1v) is 7.27. The number of thiocarbonyl (C=S) groups is 1. The van der Waals surface area contributed by atoms with E-state index in [1.165, 1.54) is 32.1 Å². The van der Waals surface area contributed by atoms with Gasteiger partial charge in [-0.25, -0.2) is 0 Å². The van der Waals surface area contributed by atoms with Crippen LogP contribution >= 0.6 is 23.8 Å². The Bertz CT molecular complexity index is 428. The summed E-state index contributed by atoms with van der Waals surface area (Å²) < 4.78 is 0. The molecule has 0 aliphatic heterocycles. The fraction of sp³-hybridized carbons (Fsp3) is 0.500. The van der Waals surface area contributed by atoms with Crippen LogP contribution in [-0.2, 0) is 0 Å². The molecule has 0 saturated heterocycles. The van der Waals surface area contributed by atoms with E-state index in [0.717, 1.165) is 11.3 Å². The van der Waals surface area contributed by atoms with E-state index in [9.17, 15) is 0 Å². The Kier molecular flexibility index (Phi) is 4.84. The predicted octanol–water partition coefficient (Wildman–Crippen LogP) is 4.27. The minimum absolute atomic E-state index is 0.517. The van der Waals surface area contributed by atoms with Gasteiger partial charge in [0, 0.05) is 6.04 Å². The lowest BCUT2D eigenvalue weighted by atomic mass is 9.96. The third kappa shape index (κ3) is 3.85. The average Bonchev–Trinajstić information content (AvgIpc) is 2.34. The second-order valence-corrected chi connectivity index (χ2v) is 5.73. The molecule has 1 aliphatic carbocycles. The van der Waals surface area contributed by atoms with Crippen molar-refractivity contribution in [2.75, 3.05) is 5.32 Å². The summed E-state index contributed by atoms with van der Waals surface area (Å²) in [5.74, 6) is 0. The molecule has 0 aromatic heterocycles. The fourth-order valence-electron chi connectivity index (χ4n) is 2.31. The van der Waals surface area contributed by atoms with Crippen LogP contribution in [0.15, 0.2) is 18.2 Å². The molecule has 1 fully saturated rings. The lowest BCUT2D eigenvalue weighted by Crippen LogP contribution is -2.38. The summed E-state index contributed by atoms with van der Waals surface area (Å²) in [5, 5.41) is 7.93. The van der Waals surface area contributed by atoms with Gasteiger partial charge in [0.2, 0.25) is 0 Å². The van der Waals surface area contributed by atoms with E-state index in [1.807, 2.05) is 25.1 Å². The molecule has 0 spiro atoms. The van der Waals surface area contributed by atoms with Gasteiger partial charge in [-0.15, -0.1) is 0 Å². The zero-order valence-electron chi connectivity index (χ0n) is 10.6. The quantitative estimate of drug-likeness (QED) is 0.792. The molecule has 0 heterocycles. The summed E-state index contributed by atoms with van der Waals surface area (Å²) in [5.41, 5.74) is 2.02. The standard InChI is InChI=1S/C14H19ClN2S/c1-10-7-8-13(12(15)9-10)17-14(18)16-11-5-3-2-4-6-11/h7-9,11H,2-6H2,1H3,(H2,16,17,18). The van der Waals surface area contributed by atoms with Gasteiger partial charge in [0.1, 0.15) is 0 Å². The minimum Gasteiger partial charge on any atom is -0.360 e. The lowest BCUT2D eigenvalue weighted by molar-refractivity contribution is 0.415. The molecule has 1 aromatic rings. The second-order valence-electron chi connectivity index (χ2n) is 4.92. The summed E-state index contributed by atoms with van der Waals surface area (Å²) in [6.07, 6.45) is 6.37. The van der Waals surface area contributed by atoms with Crippen molar-refractivity contribution < 1.29 is 0 Å². The van der Waals surface area contributed by atoms with Gasteiger partial charge >= 0.3 is 0 Å². The predicted molar refractivity (Wildman–Crippen MR) is 82.4 cm³/mol. The molecule has 0 atom stereocenters. The average molecular weight is 283 g/mol. The van der Waals surface area contributed by atoms with Crippen LogP contribution in [0.5, 0.6) is 0 Å². The highest BCUT2D eigenvalue weighted by Gasteiger charge is 2.14. The number of aryl methyl sites for hydroxylation is 1. The Morgan fingerprint density at radius 3 is 2.67 bits per heavy atom. The first-order chi connectivity index (χ1) is 8.65. The molecule has 0 unspecified atom stereocenters. The summed E-state index contributed by atoms with van der Waals surface area (Å²) in [6, 6.07) is 6.44. The zero-order valence-corrected chi connectivity index (χ0v) is 12.2. The van der Waals surface area contributed by atoms with Crippen LogP contribution in [0.1, 0.15) is 37.7 Å².